The second-order valence-corrected chi connectivity index (χ2v) is 6.88. The summed E-state index contributed by atoms with van der Waals surface area (Å²) in [5.74, 6) is 1.06. The Morgan fingerprint density at radius 2 is 2.04 bits per heavy atom. The first-order valence-corrected chi connectivity index (χ1v) is 8.95. The van der Waals surface area contributed by atoms with Crippen LogP contribution in [0, 0.1) is 0 Å². The molecule has 0 saturated heterocycles. The summed E-state index contributed by atoms with van der Waals surface area (Å²) in [6.45, 7) is 4.11. The third kappa shape index (κ3) is 4.11. The number of carbonyl (C=O) groups excluding carboxylic acids is 1. The molecule has 0 aliphatic carbocycles. The summed E-state index contributed by atoms with van der Waals surface area (Å²) >= 11 is 1.47. The van der Waals surface area contributed by atoms with Gasteiger partial charge in [-0.15, -0.1) is 11.8 Å². The van der Waals surface area contributed by atoms with Gasteiger partial charge in [0.15, 0.2) is 5.65 Å². The van der Waals surface area contributed by atoms with E-state index < -0.39 is 0 Å². The van der Waals surface area contributed by atoms with Crippen molar-refractivity contribution < 1.29 is 9.53 Å². The Morgan fingerprint density at radius 3 is 2.72 bits per heavy atom. The van der Waals surface area contributed by atoms with Gasteiger partial charge in [0, 0.05) is 16.3 Å². The molecule has 1 amide bonds. The summed E-state index contributed by atoms with van der Waals surface area (Å²) in [6, 6.07) is 9.76. The number of ether oxygens (including phenoxy) is 1. The molecule has 0 bridgehead atoms. The van der Waals surface area contributed by atoms with E-state index in [0.717, 1.165) is 21.7 Å². The zero-order valence-corrected chi connectivity index (χ0v) is 15.2. The van der Waals surface area contributed by atoms with Crippen molar-refractivity contribution >= 4 is 34.4 Å². The molecular weight excluding hydrogens is 336 g/mol. The maximum atomic E-state index is 12.2. The first kappa shape index (κ1) is 17.3. The maximum Gasteiger partial charge on any atom is 0.234 e. The highest BCUT2D eigenvalue weighted by molar-refractivity contribution is 8.00. The largest absolute Gasteiger partial charge is 0.497 e. The molecule has 2 heterocycles. The SMILES string of the molecule is COc1ccc(SCC(=O)Nc2cnc3c(cnn3C(C)C)c2)cc1. The number of nitrogens with one attached hydrogen (secondary N) is 1. The van der Waals surface area contributed by atoms with Crippen LogP contribution in [0.1, 0.15) is 19.9 Å². The third-order valence-corrected chi connectivity index (χ3v) is 4.65. The number of carbonyl (C=O) groups is 1. The van der Waals surface area contributed by atoms with Crippen LogP contribution < -0.4 is 10.1 Å². The molecule has 3 rings (SSSR count). The summed E-state index contributed by atoms with van der Waals surface area (Å²) in [6.07, 6.45) is 3.43. The van der Waals surface area contributed by atoms with Crippen LogP contribution in [0.2, 0.25) is 0 Å². The zero-order valence-electron chi connectivity index (χ0n) is 14.4. The molecule has 0 fully saturated rings. The molecule has 0 radical (unpaired) electrons. The Balaban J connectivity index is 1.61. The summed E-state index contributed by atoms with van der Waals surface area (Å²) in [4.78, 5) is 17.6. The fourth-order valence-electron chi connectivity index (χ4n) is 2.40. The van der Waals surface area contributed by atoms with Gasteiger partial charge in [-0.05, 0) is 44.2 Å². The van der Waals surface area contributed by atoms with E-state index in [-0.39, 0.29) is 11.9 Å². The van der Waals surface area contributed by atoms with E-state index in [9.17, 15) is 4.79 Å². The highest BCUT2D eigenvalue weighted by Gasteiger charge is 2.09. The molecule has 2 aromatic heterocycles. The van der Waals surface area contributed by atoms with Gasteiger partial charge in [-0.1, -0.05) is 0 Å². The maximum absolute atomic E-state index is 12.2. The normalized spacial score (nSPS) is 11.0. The van der Waals surface area contributed by atoms with Gasteiger partial charge in [-0.3, -0.25) is 4.79 Å². The minimum atomic E-state index is -0.0711. The molecule has 0 saturated carbocycles. The van der Waals surface area contributed by atoms with Crippen LogP contribution in [0.15, 0.2) is 47.6 Å². The van der Waals surface area contributed by atoms with Crippen molar-refractivity contribution in [1.29, 1.82) is 0 Å². The van der Waals surface area contributed by atoms with Crippen molar-refractivity contribution in [3.63, 3.8) is 0 Å². The monoisotopic (exact) mass is 356 g/mol. The number of amides is 1. The average molecular weight is 356 g/mol. The highest BCUT2D eigenvalue weighted by Crippen LogP contribution is 2.22. The van der Waals surface area contributed by atoms with E-state index in [1.165, 1.54) is 11.8 Å². The van der Waals surface area contributed by atoms with Crippen LogP contribution in [-0.4, -0.2) is 33.5 Å². The lowest BCUT2D eigenvalue weighted by atomic mass is 10.3. The number of pyridine rings is 1. The standard InChI is InChI=1S/C18H20N4O2S/c1-12(2)22-18-13(9-20-22)8-14(10-19-18)21-17(23)11-25-16-6-4-15(24-3)5-7-16/h4-10,12H,11H2,1-3H3,(H,21,23). The van der Waals surface area contributed by atoms with Gasteiger partial charge in [0.2, 0.25) is 5.91 Å². The fourth-order valence-corrected chi connectivity index (χ4v) is 3.10. The van der Waals surface area contributed by atoms with Gasteiger partial charge in [0.1, 0.15) is 5.75 Å². The van der Waals surface area contributed by atoms with Crippen LogP contribution >= 0.6 is 11.8 Å². The first-order chi connectivity index (χ1) is 12.1. The lowest BCUT2D eigenvalue weighted by Gasteiger charge is -2.08. The molecule has 3 aromatic rings. The van der Waals surface area contributed by atoms with Crippen molar-refractivity contribution in [2.24, 2.45) is 0 Å². The lowest BCUT2D eigenvalue weighted by Crippen LogP contribution is -2.14. The molecule has 1 aromatic carbocycles. The second kappa shape index (κ2) is 7.57. The van der Waals surface area contributed by atoms with Crippen LogP contribution in [0.25, 0.3) is 11.0 Å². The number of aromatic nitrogens is 3. The summed E-state index contributed by atoms with van der Waals surface area (Å²) < 4.78 is 6.98. The molecule has 0 spiro atoms. The molecule has 0 unspecified atom stereocenters. The van der Waals surface area contributed by atoms with Crippen LogP contribution in [0.3, 0.4) is 0 Å². The summed E-state index contributed by atoms with van der Waals surface area (Å²) in [5.41, 5.74) is 1.50. The number of fused-ring (bicyclic) bond motifs is 1. The predicted molar refractivity (Wildman–Crippen MR) is 100 cm³/mol. The van der Waals surface area contributed by atoms with Gasteiger partial charge >= 0.3 is 0 Å². The molecule has 25 heavy (non-hydrogen) atoms. The lowest BCUT2D eigenvalue weighted by molar-refractivity contribution is -0.113. The minimum Gasteiger partial charge on any atom is -0.497 e. The Bertz CT molecular complexity index is 874. The molecule has 7 heteroatoms. The number of hydrogen-bond acceptors (Lipinski definition) is 5. The van der Waals surface area contributed by atoms with Crippen molar-refractivity contribution in [3.05, 3.63) is 42.7 Å². The second-order valence-electron chi connectivity index (χ2n) is 5.83. The number of nitrogens with zero attached hydrogens (tertiary/aromatic N) is 3. The quantitative estimate of drug-likeness (QED) is 0.681. The number of anilines is 1. The Morgan fingerprint density at radius 1 is 1.28 bits per heavy atom. The zero-order chi connectivity index (χ0) is 17.8. The molecule has 130 valence electrons. The van der Waals surface area contributed by atoms with Crippen molar-refractivity contribution in [3.8, 4) is 5.75 Å². The van der Waals surface area contributed by atoms with Crippen molar-refractivity contribution in [1.82, 2.24) is 14.8 Å². The van der Waals surface area contributed by atoms with E-state index >= 15 is 0 Å². The summed E-state index contributed by atoms with van der Waals surface area (Å²) in [5, 5.41) is 8.13. The van der Waals surface area contributed by atoms with E-state index in [4.69, 9.17) is 4.74 Å². The Hall–Kier alpha value is -2.54. The molecule has 0 aliphatic heterocycles. The average Bonchev–Trinajstić information content (AvgIpc) is 3.04. The number of methoxy groups -OCH3 is 1. The fraction of sp³-hybridized carbons (Fsp3) is 0.278. The molecule has 6 nitrogen and oxygen atoms in total. The molecule has 0 atom stereocenters. The van der Waals surface area contributed by atoms with E-state index in [2.05, 4.69) is 29.2 Å². The van der Waals surface area contributed by atoms with E-state index in [1.54, 1.807) is 19.5 Å². The molecule has 1 N–H and O–H groups in total. The Kier molecular flexibility index (Phi) is 5.23. The number of hydrogen-bond donors (Lipinski definition) is 1. The first-order valence-electron chi connectivity index (χ1n) is 7.97. The minimum absolute atomic E-state index is 0.0711. The van der Waals surface area contributed by atoms with Gasteiger partial charge in [-0.25, -0.2) is 9.67 Å². The predicted octanol–water partition coefficient (Wildman–Crippen LogP) is 3.75. The van der Waals surface area contributed by atoms with E-state index in [0.29, 0.717) is 11.4 Å². The van der Waals surface area contributed by atoms with Gasteiger partial charge in [-0.2, -0.15) is 5.10 Å². The van der Waals surface area contributed by atoms with Crippen molar-refractivity contribution in [2.45, 2.75) is 24.8 Å². The van der Waals surface area contributed by atoms with Gasteiger partial charge in [0.25, 0.3) is 0 Å². The van der Waals surface area contributed by atoms with Crippen LogP contribution in [0.4, 0.5) is 5.69 Å². The van der Waals surface area contributed by atoms with Gasteiger partial charge < -0.3 is 10.1 Å². The van der Waals surface area contributed by atoms with Gasteiger partial charge in [0.05, 0.1) is 30.9 Å². The number of benzene rings is 1. The number of rotatable bonds is 6. The smallest absolute Gasteiger partial charge is 0.234 e. The van der Waals surface area contributed by atoms with E-state index in [1.807, 2.05) is 35.0 Å². The van der Waals surface area contributed by atoms with Crippen LogP contribution in [-0.2, 0) is 4.79 Å². The molecular formula is C18H20N4O2S. The van der Waals surface area contributed by atoms with Crippen molar-refractivity contribution in [2.75, 3.05) is 18.2 Å². The Labute approximate surface area is 150 Å². The van der Waals surface area contributed by atoms with Crippen LogP contribution in [0.5, 0.6) is 5.75 Å². The summed E-state index contributed by atoms with van der Waals surface area (Å²) in [7, 11) is 1.63. The third-order valence-electron chi connectivity index (χ3n) is 3.64. The highest BCUT2D eigenvalue weighted by atomic mass is 32.2. The topological polar surface area (TPSA) is 69.0 Å². The number of thioether (sulfide) groups is 1. The molecule has 0 aliphatic rings.